The topological polar surface area (TPSA) is 75.5 Å². The van der Waals surface area contributed by atoms with Crippen LogP contribution in [-0.2, 0) is 9.59 Å². The molecular weight excluding hydrogens is 304 g/mol. The van der Waals surface area contributed by atoms with Gasteiger partial charge in [0.2, 0.25) is 11.8 Å². The van der Waals surface area contributed by atoms with Gasteiger partial charge in [0.15, 0.2) is 0 Å². The number of benzene rings is 1. The zero-order valence-corrected chi connectivity index (χ0v) is 13.1. The number of hydrogen-bond acceptors (Lipinski definition) is 3. The van der Waals surface area contributed by atoms with Crippen molar-refractivity contribution >= 4 is 34.9 Å². The Balaban J connectivity index is 1.66. The van der Waals surface area contributed by atoms with Crippen LogP contribution in [0.15, 0.2) is 60.9 Å². The fourth-order valence-electron chi connectivity index (χ4n) is 2.26. The van der Waals surface area contributed by atoms with E-state index in [9.17, 15) is 9.59 Å². The molecule has 0 atom stereocenters. The Hall–Kier alpha value is -3.41. The number of nitrogens with one attached hydrogen (secondary N) is 2. The standard InChI is InChI=1S/C18H16N4O2/c1-13(23)20-14-5-7-15(8-6-14)21-18(24)10-9-16-12-19-17-4-2-3-11-22(16)17/h2-12H,1H3,(H,20,23)(H,21,24)/b10-9+. The van der Waals surface area contributed by atoms with Crippen LogP contribution < -0.4 is 10.6 Å². The van der Waals surface area contributed by atoms with E-state index >= 15 is 0 Å². The lowest BCUT2D eigenvalue weighted by Crippen LogP contribution is -2.08. The summed E-state index contributed by atoms with van der Waals surface area (Å²) in [6, 6.07) is 12.6. The maximum absolute atomic E-state index is 12.0. The van der Waals surface area contributed by atoms with Crippen LogP contribution in [0, 0.1) is 0 Å². The first kappa shape index (κ1) is 15.5. The monoisotopic (exact) mass is 320 g/mol. The second kappa shape index (κ2) is 6.78. The largest absolute Gasteiger partial charge is 0.326 e. The molecule has 2 N–H and O–H groups in total. The lowest BCUT2D eigenvalue weighted by atomic mass is 10.2. The number of nitrogens with zero attached hydrogens (tertiary/aromatic N) is 2. The van der Waals surface area contributed by atoms with Crippen molar-refractivity contribution in [2.75, 3.05) is 10.6 Å². The molecule has 3 aromatic rings. The highest BCUT2D eigenvalue weighted by Gasteiger charge is 2.02. The fraction of sp³-hybridized carbons (Fsp3) is 0.0556. The molecule has 0 radical (unpaired) electrons. The highest BCUT2D eigenvalue weighted by Crippen LogP contribution is 2.14. The van der Waals surface area contributed by atoms with E-state index in [1.807, 2.05) is 28.8 Å². The van der Waals surface area contributed by atoms with Gasteiger partial charge in [-0.3, -0.25) is 9.59 Å². The summed E-state index contributed by atoms with van der Waals surface area (Å²) >= 11 is 0. The molecule has 6 heteroatoms. The van der Waals surface area contributed by atoms with Crippen molar-refractivity contribution in [3.63, 3.8) is 0 Å². The van der Waals surface area contributed by atoms with E-state index in [4.69, 9.17) is 0 Å². The highest BCUT2D eigenvalue weighted by molar-refractivity contribution is 6.02. The number of carbonyl (C=O) groups is 2. The molecule has 2 amide bonds. The summed E-state index contributed by atoms with van der Waals surface area (Å²) in [4.78, 5) is 27.2. The van der Waals surface area contributed by atoms with Crippen molar-refractivity contribution < 1.29 is 9.59 Å². The summed E-state index contributed by atoms with van der Waals surface area (Å²) in [5, 5.41) is 5.44. The molecule has 0 aliphatic heterocycles. The number of pyridine rings is 1. The lowest BCUT2D eigenvalue weighted by Gasteiger charge is -2.05. The van der Waals surface area contributed by atoms with E-state index < -0.39 is 0 Å². The van der Waals surface area contributed by atoms with Crippen LogP contribution >= 0.6 is 0 Å². The predicted molar refractivity (Wildman–Crippen MR) is 93.6 cm³/mol. The first-order valence-corrected chi connectivity index (χ1v) is 7.40. The summed E-state index contributed by atoms with van der Waals surface area (Å²) in [7, 11) is 0. The van der Waals surface area contributed by atoms with Crippen molar-refractivity contribution in [3.05, 3.63) is 66.6 Å². The van der Waals surface area contributed by atoms with Crippen molar-refractivity contribution in [1.82, 2.24) is 9.38 Å². The number of hydrogen-bond donors (Lipinski definition) is 2. The normalized spacial score (nSPS) is 10.9. The molecule has 0 aliphatic carbocycles. The third-order valence-electron chi connectivity index (χ3n) is 3.32. The second-order valence-corrected chi connectivity index (χ2v) is 5.19. The molecule has 2 heterocycles. The van der Waals surface area contributed by atoms with E-state index in [1.165, 1.54) is 13.0 Å². The van der Waals surface area contributed by atoms with Crippen LogP contribution in [0.25, 0.3) is 11.7 Å². The average molecular weight is 320 g/mol. The minimum Gasteiger partial charge on any atom is -0.326 e. The predicted octanol–water partition coefficient (Wildman–Crippen LogP) is 2.94. The molecule has 0 spiro atoms. The summed E-state index contributed by atoms with van der Waals surface area (Å²) < 4.78 is 1.89. The Kier molecular flexibility index (Phi) is 4.38. The molecule has 24 heavy (non-hydrogen) atoms. The highest BCUT2D eigenvalue weighted by atomic mass is 16.2. The summed E-state index contributed by atoms with van der Waals surface area (Å²) in [6.07, 6.45) is 6.77. The van der Waals surface area contributed by atoms with Crippen LogP contribution in [0.1, 0.15) is 12.6 Å². The quantitative estimate of drug-likeness (QED) is 0.726. The second-order valence-electron chi connectivity index (χ2n) is 5.19. The molecule has 0 saturated carbocycles. The zero-order chi connectivity index (χ0) is 16.9. The summed E-state index contributed by atoms with van der Waals surface area (Å²) in [5.74, 6) is -0.379. The van der Waals surface area contributed by atoms with E-state index in [-0.39, 0.29) is 11.8 Å². The van der Waals surface area contributed by atoms with Crippen LogP contribution in [0.2, 0.25) is 0 Å². The van der Waals surface area contributed by atoms with Gasteiger partial charge in [-0.1, -0.05) is 6.07 Å². The van der Waals surface area contributed by atoms with Gasteiger partial charge in [0.05, 0.1) is 11.9 Å². The number of carbonyl (C=O) groups excluding carboxylic acids is 2. The van der Waals surface area contributed by atoms with Crippen molar-refractivity contribution in [2.24, 2.45) is 0 Å². The number of rotatable bonds is 4. The van der Waals surface area contributed by atoms with Gasteiger partial charge in [0.1, 0.15) is 5.65 Å². The third kappa shape index (κ3) is 3.67. The molecule has 120 valence electrons. The number of aromatic nitrogens is 2. The van der Waals surface area contributed by atoms with E-state index in [2.05, 4.69) is 15.6 Å². The fourth-order valence-corrected chi connectivity index (χ4v) is 2.26. The smallest absolute Gasteiger partial charge is 0.248 e. The molecule has 0 bridgehead atoms. The zero-order valence-electron chi connectivity index (χ0n) is 13.1. The molecule has 2 aromatic heterocycles. The van der Waals surface area contributed by atoms with Gasteiger partial charge in [-0.15, -0.1) is 0 Å². The van der Waals surface area contributed by atoms with Crippen molar-refractivity contribution in [3.8, 4) is 0 Å². The van der Waals surface area contributed by atoms with Gasteiger partial charge in [0.25, 0.3) is 0 Å². The minimum atomic E-state index is -0.242. The summed E-state index contributed by atoms with van der Waals surface area (Å²) in [6.45, 7) is 1.45. The maximum Gasteiger partial charge on any atom is 0.248 e. The average Bonchev–Trinajstić information content (AvgIpc) is 2.98. The van der Waals surface area contributed by atoms with Gasteiger partial charge >= 0.3 is 0 Å². The molecule has 0 aliphatic rings. The van der Waals surface area contributed by atoms with E-state index in [1.54, 1.807) is 36.5 Å². The molecule has 6 nitrogen and oxygen atoms in total. The van der Waals surface area contributed by atoms with Gasteiger partial charge in [-0.2, -0.15) is 0 Å². The number of amides is 2. The Morgan fingerprint density at radius 1 is 1.04 bits per heavy atom. The van der Waals surface area contributed by atoms with Gasteiger partial charge in [0, 0.05) is 30.6 Å². The van der Waals surface area contributed by atoms with Gasteiger partial charge in [-0.25, -0.2) is 4.98 Å². The van der Waals surface area contributed by atoms with E-state index in [0.717, 1.165) is 11.3 Å². The molecular formula is C18H16N4O2. The van der Waals surface area contributed by atoms with Crippen LogP contribution in [-0.4, -0.2) is 21.2 Å². The summed E-state index contributed by atoms with van der Waals surface area (Å²) in [5.41, 5.74) is 2.98. The van der Waals surface area contributed by atoms with Crippen LogP contribution in [0.3, 0.4) is 0 Å². The SMILES string of the molecule is CC(=O)Nc1ccc(NC(=O)/C=C/c2cnc3ccccn23)cc1. The Bertz CT molecular complexity index is 910. The first-order chi connectivity index (χ1) is 11.6. The first-order valence-electron chi connectivity index (χ1n) is 7.40. The lowest BCUT2D eigenvalue weighted by molar-refractivity contribution is -0.114. The number of fused-ring (bicyclic) bond motifs is 1. The van der Waals surface area contributed by atoms with Crippen molar-refractivity contribution in [1.29, 1.82) is 0 Å². The number of imidazole rings is 1. The molecule has 0 saturated heterocycles. The Labute approximate surface area is 138 Å². The molecule has 1 aromatic carbocycles. The third-order valence-corrected chi connectivity index (χ3v) is 3.32. The van der Waals surface area contributed by atoms with Crippen molar-refractivity contribution in [2.45, 2.75) is 6.92 Å². The van der Waals surface area contributed by atoms with E-state index in [0.29, 0.717) is 11.4 Å². The molecule has 0 unspecified atom stereocenters. The van der Waals surface area contributed by atoms with Crippen LogP contribution in [0.4, 0.5) is 11.4 Å². The maximum atomic E-state index is 12.0. The molecule has 0 fully saturated rings. The van der Waals surface area contributed by atoms with Crippen LogP contribution in [0.5, 0.6) is 0 Å². The Morgan fingerprint density at radius 2 is 1.75 bits per heavy atom. The molecule has 3 rings (SSSR count). The minimum absolute atomic E-state index is 0.136. The van der Waals surface area contributed by atoms with Gasteiger partial charge < -0.3 is 15.0 Å². The van der Waals surface area contributed by atoms with Gasteiger partial charge in [-0.05, 0) is 42.5 Å². The Morgan fingerprint density at radius 3 is 2.46 bits per heavy atom. The number of anilines is 2.